The standard InChI is InChI=1S/C27H31N7O/c1-16-7-17(2)30-24(29-16)32-25(31-22-11-21-5-3-4-6-23(21)28-15-22)33-26(35)34-27-12-18-8-19(13-27)10-20(9-18)14-27/h3-7,11,15,18-20H,8-10,12-14H2,1-2H3,(H3,29,30,31,32,33,34,35). The maximum Gasteiger partial charge on any atom is 0.321 e. The van der Waals surface area contributed by atoms with Crippen molar-refractivity contribution in [2.24, 2.45) is 22.7 Å². The molecule has 0 saturated heterocycles. The number of nitrogens with one attached hydrogen (secondary N) is 3. The number of aryl methyl sites for hydroxylation is 2. The number of carbonyl (C=O) groups excluding carboxylic acids is 1. The molecule has 0 unspecified atom stereocenters. The van der Waals surface area contributed by atoms with Crippen molar-refractivity contribution in [3.63, 3.8) is 0 Å². The monoisotopic (exact) mass is 469 g/mol. The Balaban J connectivity index is 1.26. The Hall–Kier alpha value is -3.55. The lowest BCUT2D eigenvalue weighted by molar-refractivity contribution is -0.0132. The summed E-state index contributed by atoms with van der Waals surface area (Å²) in [4.78, 5) is 31.2. The fourth-order valence-corrected chi connectivity index (χ4v) is 6.86. The smallest absolute Gasteiger partial charge is 0.321 e. The van der Waals surface area contributed by atoms with Gasteiger partial charge in [0.1, 0.15) is 0 Å². The molecule has 180 valence electrons. The van der Waals surface area contributed by atoms with Crippen LogP contribution in [0.1, 0.15) is 49.9 Å². The molecule has 1 aromatic carbocycles. The van der Waals surface area contributed by atoms with Crippen LogP contribution in [0, 0.1) is 31.6 Å². The summed E-state index contributed by atoms with van der Waals surface area (Å²) in [5.41, 5.74) is 3.18. The van der Waals surface area contributed by atoms with E-state index in [-0.39, 0.29) is 17.5 Å². The molecule has 3 N–H and O–H groups in total. The minimum atomic E-state index is -0.240. The number of fused-ring (bicyclic) bond motifs is 1. The van der Waals surface area contributed by atoms with Crippen LogP contribution in [0.4, 0.5) is 16.4 Å². The Labute approximate surface area is 205 Å². The highest BCUT2D eigenvalue weighted by molar-refractivity contribution is 6.05. The number of hydrogen-bond donors (Lipinski definition) is 3. The Bertz CT molecular complexity index is 1260. The molecule has 3 aromatic rings. The third kappa shape index (κ3) is 4.70. The molecule has 2 aromatic heterocycles. The fourth-order valence-electron chi connectivity index (χ4n) is 6.86. The van der Waals surface area contributed by atoms with E-state index in [1.54, 1.807) is 6.20 Å². The topological polar surface area (TPSA) is 104 Å². The number of hydrogen-bond acceptors (Lipinski definition) is 5. The van der Waals surface area contributed by atoms with Gasteiger partial charge in [-0.3, -0.25) is 10.3 Å². The number of anilines is 1. The molecule has 4 aliphatic rings. The van der Waals surface area contributed by atoms with E-state index < -0.39 is 0 Å². The van der Waals surface area contributed by atoms with Gasteiger partial charge >= 0.3 is 6.03 Å². The maximum absolute atomic E-state index is 13.3. The molecule has 4 fully saturated rings. The van der Waals surface area contributed by atoms with Crippen LogP contribution < -0.4 is 16.0 Å². The molecule has 2 heterocycles. The summed E-state index contributed by atoms with van der Waals surface area (Å²) < 4.78 is 0. The van der Waals surface area contributed by atoms with Gasteiger partial charge in [-0.1, -0.05) is 18.2 Å². The van der Waals surface area contributed by atoms with Gasteiger partial charge in [0.15, 0.2) is 0 Å². The predicted molar refractivity (Wildman–Crippen MR) is 137 cm³/mol. The Kier molecular flexibility index (Phi) is 5.39. The van der Waals surface area contributed by atoms with Gasteiger partial charge in [-0.2, -0.15) is 4.99 Å². The van der Waals surface area contributed by atoms with Gasteiger partial charge in [-0.05, 0) is 88.3 Å². The average molecular weight is 470 g/mol. The van der Waals surface area contributed by atoms with Crippen molar-refractivity contribution < 1.29 is 4.79 Å². The third-order valence-electron chi connectivity index (χ3n) is 7.68. The number of urea groups is 1. The van der Waals surface area contributed by atoms with Crippen molar-refractivity contribution in [1.29, 1.82) is 0 Å². The zero-order valence-electron chi connectivity index (χ0n) is 20.2. The number of benzene rings is 1. The van der Waals surface area contributed by atoms with Crippen LogP contribution in [-0.2, 0) is 0 Å². The molecule has 35 heavy (non-hydrogen) atoms. The van der Waals surface area contributed by atoms with Crippen molar-refractivity contribution in [2.45, 2.75) is 57.9 Å². The van der Waals surface area contributed by atoms with Gasteiger partial charge in [0, 0.05) is 22.3 Å². The van der Waals surface area contributed by atoms with Gasteiger partial charge in [-0.25, -0.2) is 14.8 Å². The highest BCUT2D eigenvalue weighted by atomic mass is 16.2. The fraction of sp³-hybridized carbons (Fsp3) is 0.444. The predicted octanol–water partition coefficient (Wildman–Crippen LogP) is 5.01. The molecule has 2 amide bonds. The second-order valence-electron chi connectivity index (χ2n) is 10.7. The van der Waals surface area contributed by atoms with Gasteiger partial charge in [0.05, 0.1) is 17.4 Å². The molecule has 0 atom stereocenters. The lowest BCUT2D eigenvalue weighted by Crippen LogP contribution is -2.62. The lowest BCUT2D eigenvalue weighted by atomic mass is 9.53. The maximum atomic E-state index is 13.3. The first-order chi connectivity index (χ1) is 16.9. The molecule has 0 radical (unpaired) electrons. The summed E-state index contributed by atoms with van der Waals surface area (Å²) >= 11 is 0. The summed E-state index contributed by atoms with van der Waals surface area (Å²) in [6.45, 7) is 3.81. The Morgan fingerprint density at radius 3 is 2.31 bits per heavy atom. The van der Waals surface area contributed by atoms with E-state index in [9.17, 15) is 4.79 Å². The molecule has 4 saturated carbocycles. The normalized spacial score (nSPS) is 27.1. The van der Waals surface area contributed by atoms with Crippen molar-refractivity contribution in [3.05, 3.63) is 54.0 Å². The van der Waals surface area contributed by atoms with Crippen LogP contribution in [0.2, 0.25) is 0 Å². The second-order valence-corrected chi connectivity index (χ2v) is 10.7. The second kappa shape index (κ2) is 8.59. The number of nitrogens with zero attached hydrogens (tertiary/aromatic N) is 4. The molecule has 4 aliphatic carbocycles. The molecule has 0 aliphatic heterocycles. The number of pyridine rings is 1. The molecule has 0 spiro atoms. The molecular formula is C27H31N7O. The minimum absolute atomic E-state index is 0.0924. The van der Waals surface area contributed by atoms with E-state index in [0.717, 1.165) is 65.0 Å². The number of guanidine groups is 1. The van der Waals surface area contributed by atoms with E-state index in [0.29, 0.717) is 5.95 Å². The summed E-state index contributed by atoms with van der Waals surface area (Å²) in [5, 5.41) is 10.5. The van der Waals surface area contributed by atoms with Crippen molar-refractivity contribution in [2.75, 3.05) is 5.32 Å². The van der Waals surface area contributed by atoms with Gasteiger partial charge in [0.25, 0.3) is 5.95 Å². The highest BCUT2D eigenvalue weighted by Gasteiger charge is 2.51. The van der Waals surface area contributed by atoms with Crippen molar-refractivity contribution in [3.8, 4) is 0 Å². The largest absolute Gasteiger partial charge is 0.332 e. The number of para-hydroxylation sites is 1. The number of rotatable bonds is 3. The van der Waals surface area contributed by atoms with Crippen molar-refractivity contribution >= 4 is 34.5 Å². The van der Waals surface area contributed by atoms with Crippen molar-refractivity contribution in [1.82, 2.24) is 25.6 Å². The molecule has 8 heteroatoms. The number of amides is 2. The zero-order chi connectivity index (χ0) is 24.0. The number of carbonyl (C=O) groups is 1. The van der Waals surface area contributed by atoms with Gasteiger partial charge in [0.2, 0.25) is 5.96 Å². The first-order valence-electron chi connectivity index (χ1n) is 12.5. The molecule has 4 bridgehead atoms. The quantitative estimate of drug-likeness (QED) is 0.370. The van der Waals surface area contributed by atoms with Crippen LogP contribution in [0.15, 0.2) is 47.6 Å². The first-order valence-corrected chi connectivity index (χ1v) is 12.5. The zero-order valence-corrected chi connectivity index (χ0v) is 20.2. The number of aliphatic imine (C=N–C) groups is 1. The highest BCUT2D eigenvalue weighted by Crippen LogP contribution is 2.55. The lowest BCUT2D eigenvalue weighted by Gasteiger charge is -2.56. The van der Waals surface area contributed by atoms with Crippen LogP contribution >= 0.6 is 0 Å². The van der Waals surface area contributed by atoms with Crippen LogP contribution in [0.25, 0.3) is 10.9 Å². The number of aromatic nitrogens is 3. The SMILES string of the molecule is Cc1cc(C)nc(/N=C(/NC(=O)NC23CC4CC(CC(C4)C2)C3)Nc2cnc3ccccc3c2)n1. The van der Waals surface area contributed by atoms with E-state index in [4.69, 9.17) is 0 Å². The van der Waals surface area contributed by atoms with E-state index >= 15 is 0 Å². The summed E-state index contributed by atoms with van der Waals surface area (Å²) in [6, 6.07) is 11.5. The molecular weight excluding hydrogens is 438 g/mol. The van der Waals surface area contributed by atoms with Crippen LogP contribution in [-0.4, -0.2) is 32.5 Å². The van der Waals surface area contributed by atoms with Gasteiger partial charge < -0.3 is 10.6 Å². The van der Waals surface area contributed by atoms with E-state index in [1.807, 2.05) is 50.2 Å². The van der Waals surface area contributed by atoms with Crippen LogP contribution in [0.3, 0.4) is 0 Å². The minimum Gasteiger partial charge on any atom is -0.332 e. The van der Waals surface area contributed by atoms with Crippen LogP contribution in [0.5, 0.6) is 0 Å². The van der Waals surface area contributed by atoms with E-state index in [1.165, 1.54) is 19.3 Å². The Morgan fingerprint density at radius 2 is 1.63 bits per heavy atom. The molecule has 7 rings (SSSR count). The summed E-state index contributed by atoms with van der Waals surface area (Å²) in [6.07, 6.45) is 8.98. The average Bonchev–Trinajstić information content (AvgIpc) is 2.77. The molecule has 8 nitrogen and oxygen atoms in total. The summed E-state index contributed by atoms with van der Waals surface area (Å²) in [5.74, 6) is 2.82. The third-order valence-corrected chi connectivity index (χ3v) is 7.68. The Morgan fingerprint density at radius 1 is 0.971 bits per heavy atom. The van der Waals surface area contributed by atoms with Gasteiger partial charge in [-0.15, -0.1) is 0 Å². The summed E-state index contributed by atoms with van der Waals surface area (Å²) in [7, 11) is 0. The first kappa shape index (κ1) is 21.9. The van der Waals surface area contributed by atoms with E-state index in [2.05, 4.69) is 35.9 Å².